The van der Waals surface area contributed by atoms with Gasteiger partial charge in [-0.05, 0) is 50.3 Å². The molecule has 2 aromatic carbocycles. The quantitative estimate of drug-likeness (QED) is 0.568. The highest BCUT2D eigenvalue weighted by Crippen LogP contribution is 2.24. The Hall–Kier alpha value is -2.41. The van der Waals surface area contributed by atoms with Crippen molar-refractivity contribution in [2.75, 3.05) is 20.6 Å². The molecule has 0 saturated heterocycles. The van der Waals surface area contributed by atoms with E-state index in [0.717, 1.165) is 11.1 Å². The molecule has 0 spiro atoms. The highest BCUT2D eigenvalue weighted by Gasteiger charge is 2.23. The summed E-state index contributed by atoms with van der Waals surface area (Å²) in [4.78, 5) is 14.8. The van der Waals surface area contributed by atoms with Crippen molar-refractivity contribution in [2.24, 2.45) is 0 Å². The van der Waals surface area contributed by atoms with Gasteiger partial charge in [-0.25, -0.2) is 9.07 Å². The lowest BCUT2D eigenvalue weighted by molar-refractivity contribution is 0.0941. The molecule has 0 radical (unpaired) electrons. The van der Waals surface area contributed by atoms with Gasteiger partial charge < -0.3 is 10.2 Å². The van der Waals surface area contributed by atoms with Gasteiger partial charge in [0, 0.05) is 11.6 Å². The number of aryl methyl sites for hydroxylation is 1. The summed E-state index contributed by atoms with van der Waals surface area (Å²) in [5, 5.41) is 8.16. The molecule has 0 saturated carbocycles. The predicted octanol–water partition coefficient (Wildman–Crippen LogP) is 4.72. The second-order valence-corrected chi connectivity index (χ2v) is 8.01. The summed E-state index contributed by atoms with van der Waals surface area (Å²) in [5.41, 5.74) is 2.48. The number of hydrogen-bond donors (Lipinski definition) is 1. The monoisotopic (exact) mass is 448 g/mol. The number of aromatic nitrogens is 2. The first-order valence-corrected chi connectivity index (χ1v) is 10.2. The first kappa shape index (κ1) is 22.3. The maximum absolute atomic E-state index is 13.6. The molecule has 0 fully saturated rings. The van der Waals surface area contributed by atoms with E-state index in [1.807, 2.05) is 43.3 Å². The van der Waals surface area contributed by atoms with Gasteiger partial charge in [0.15, 0.2) is 0 Å². The maximum Gasteiger partial charge on any atom is 0.256 e. The zero-order chi connectivity index (χ0) is 21.8. The van der Waals surface area contributed by atoms with Crippen LogP contribution in [0, 0.1) is 12.7 Å². The fourth-order valence-electron chi connectivity index (χ4n) is 3.29. The van der Waals surface area contributed by atoms with Crippen LogP contribution in [0.2, 0.25) is 10.2 Å². The molecule has 1 atom stereocenters. The van der Waals surface area contributed by atoms with E-state index >= 15 is 0 Å². The Bertz CT molecular complexity index is 1050. The lowest BCUT2D eigenvalue weighted by Gasteiger charge is -2.25. The molecule has 30 heavy (non-hydrogen) atoms. The second-order valence-electron chi connectivity index (χ2n) is 7.24. The lowest BCUT2D eigenvalue weighted by Crippen LogP contribution is -2.34. The van der Waals surface area contributed by atoms with Crippen molar-refractivity contribution in [3.8, 4) is 0 Å². The molecule has 0 aliphatic heterocycles. The van der Waals surface area contributed by atoms with Crippen molar-refractivity contribution < 1.29 is 9.18 Å². The normalized spacial score (nSPS) is 12.2. The van der Waals surface area contributed by atoms with Gasteiger partial charge in [-0.3, -0.25) is 4.79 Å². The van der Waals surface area contributed by atoms with Crippen LogP contribution in [0.3, 0.4) is 0 Å². The highest BCUT2D eigenvalue weighted by molar-refractivity contribution is 6.33. The van der Waals surface area contributed by atoms with Crippen LogP contribution in [0.25, 0.3) is 0 Å². The van der Waals surface area contributed by atoms with E-state index < -0.39 is 0 Å². The van der Waals surface area contributed by atoms with E-state index in [9.17, 15) is 9.18 Å². The minimum Gasteiger partial charge on any atom is -0.350 e. The van der Waals surface area contributed by atoms with Crippen LogP contribution in [-0.2, 0) is 6.54 Å². The van der Waals surface area contributed by atoms with Crippen LogP contribution in [0.1, 0.15) is 33.2 Å². The van der Waals surface area contributed by atoms with E-state index in [0.29, 0.717) is 29.4 Å². The van der Waals surface area contributed by atoms with Gasteiger partial charge in [-0.15, -0.1) is 0 Å². The standard InChI is InChI=1S/C22H23Cl2FN4O/c1-14-20(21(24)29(27-14)13-16-7-4-5-10-18(16)23)22(30)26-12-19(28(2)3)15-8-6-9-17(25)11-15/h4-11,19H,12-13H2,1-3H3,(H,26,30). The van der Waals surface area contributed by atoms with Crippen molar-refractivity contribution >= 4 is 29.1 Å². The minimum atomic E-state index is -0.328. The van der Waals surface area contributed by atoms with E-state index in [2.05, 4.69) is 10.4 Å². The Morgan fingerprint density at radius 1 is 1.20 bits per heavy atom. The fourth-order valence-corrected chi connectivity index (χ4v) is 3.81. The number of nitrogens with one attached hydrogen (secondary N) is 1. The molecule has 158 valence electrons. The third kappa shape index (κ3) is 5.01. The number of likely N-dealkylation sites (N-methyl/N-ethyl adjacent to an activating group) is 1. The van der Waals surface area contributed by atoms with Crippen molar-refractivity contribution in [3.05, 3.63) is 86.9 Å². The van der Waals surface area contributed by atoms with E-state index in [1.54, 1.807) is 23.7 Å². The van der Waals surface area contributed by atoms with Crippen molar-refractivity contribution in [2.45, 2.75) is 19.5 Å². The van der Waals surface area contributed by atoms with Crippen molar-refractivity contribution in [1.29, 1.82) is 0 Å². The van der Waals surface area contributed by atoms with E-state index in [-0.39, 0.29) is 22.9 Å². The molecule has 5 nitrogen and oxygen atoms in total. The zero-order valence-electron chi connectivity index (χ0n) is 17.0. The molecule has 1 unspecified atom stereocenters. The Balaban J connectivity index is 1.76. The largest absolute Gasteiger partial charge is 0.350 e. The van der Waals surface area contributed by atoms with Gasteiger partial charge in [0.1, 0.15) is 11.0 Å². The van der Waals surface area contributed by atoms with Crippen LogP contribution in [0.4, 0.5) is 4.39 Å². The predicted molar refractivity (Wildman–Crippen MR) is 118 cm³/mol. The Kier molecular flexibility index (Phi) is 7.13. The summed E-state index contributed by atoms with van der Waals surface area (Å²) >= 11 is 12.7. The molecular weight excluding hydrogens is 426 g/mol. The molecule has 0 aliphatic carbocycles. The topological polar surface area (TPSA) is 50.2 Å². The lowest BCUT2D eigenvalue weighted by atomic mass is 10.1. The van der Waals surface area contributed by atoms with Gasteiger partial charge in [-0.1, -0.05) is 53.5 Å². The number of benzene rings is 2. The van der Waals surface area contributed by atoms with Gasteiger partial charge in [-0.2, -0.15) is 5.10 Å². The third-order valence-corrected chi connectivity index (χ3v) is 5.64. The zero-order valence-corrected chi connectivity index (χ0v) is 18.5. The van der Waals surface area contributed by atoms with Crippen molar-refractivity contribution in [3.63, 3.8) is 0 Å². The molecule has 1 heterocycles. The Morgan fingerprint density at radius 2 is 1.93 bits per heavy atom. The first-order chi connectivity index (χ1) is 14.3. The summed E-state index contributed by atoms with van der Waals surface area (Å²) in [5.74, 6) is -0.642. The molecule has 1 N–H and O–H groups in total. The first-order valence-electron chi connectivity index (χ1n) is 9.44. The van der Waals surface area contributed by atoms with Crippen LogP contribution >= 0.6 is 23.2 Å². The van der Waals surface area contributed by atoms with Crippen LogP contribution in [0.15, 0.2) is 48.5 Å². The van der Waals surface area contributed by atoms with Gasteiger partial charge in [0.25, 0.3) is 5.91 Å². The number of amides is 1. The number of nitrogens with zero attached hydrogens (tertiary/aromatic N) is 3. The summed E-state index contributed by atoms with van der Waals surface area (Å²) in [6, 6.07) is 13.6. The maximum atomic E-state index is 13.6. The molecule has 3 aromatic rings. The fraction of sp³-hybridized carbons (Fsp3) is 0.273. The average molecular weight is 449 g/mol. The average Bonchev–Trinajstić information content (AvgIpc) is 2.96. The van der Waals surface area contributed by atoms with Crippen LogP contribution < -0.4 is 5.32 Å². The SMILES string of the molecule is Cc1nn(Cc2ccccc2Cl)c(Cl)c1C(=O)NCC(c1cccc(F)c1)N(C)C. The minimum absolute atomic E-state index is 0.193. The molecule has 1 amide bonds. The van der Waals surface area contributed by atoms with Crippen LogP contribution in [0.5, 0.6) is 0 Å². The summed E-state index contributed by atoms with van der Waals surface area (Å²) in [6.45, 7) is 2.39. The number of carbonyl (C=O) groups excluding carboxylic acids is 1. The second kappa shape index (κ2) is 9.60. The Morgan fingerprint density at radius 3 is 2.60 bits per heavy atom. The van der Waals surface area contributed by atoms with E-state index in [4.69, 9.17) is 23.2 Å². The van der Waals surface area contributed by atoms with Crippen molar-refractivity contribution in [1.82, 2.24) is 20.0 Å². The molecule has 3 rings (SSSR count). The number of carbonyl (C=O) groups is 1. The van der Waals surface area contributed by atoms with Gasteiger partial charge in [0.05, 0.1) is 23.8 Å². The van der Waals surface area contributed by atoms with E-state index in [1.165, 1.54) is 12.1 Å². The highest BCUT2D eigenvalue weighted by atomic mass is 35.5. The van der Waals surface area contributed by atoms with Gasteiger partial charge in [0.2, 0.25) is 0 Å². The number of rotatable bonds is 7. The third-order valence-electron chi connectivity index (χ3n) is 4.88. The molecule has 8 heteroatoms. The smallest absolute Gasteiger partial charge is 0.256 e. The molecule has 0 bridgehead atoms. The number of hydrogen-bond acceptors (Lipinski definition) is 3. The van der Waals surface area contributed by atoms with Gasteiger partial charge >= 0.3 is 0 Å². The molecule has 1 aromatic heterocycles. The summed E-state index contributed by atoms with van der Waals surface area (Å²) < 4.78 is 15.2. The summed E-state index contributed by atoms with van der Waals surface area (Å²) in [6.07, 6.45) is 0. The molecular formula is C22H23Cl2FN4O. The summed E-state index contributed by atoms with van der Waals surface area (Å²) in [7, 11) is 3.75. The molecule has 0 aliphatic rings. The Labute approximate surface area is 185 Å². The number of halogens is 3. The van der Waals surface area contributed by atoms with Crippen LogP contribution in [-0.4, -0.2) is 41.2 Å².